The number of hydrogen-bond acceptors (Lipinski definition) is 2. The van der Waals surface area contributed by atoms with Gasteiger partial charge in [0.2, 0.25) is 0 Å². The highest BCUT2D eigenvalue weighted by Crippen LogP contribution is 2.68. The first kappa shape index (κ1) is 11.5. The number of halogens is 2. The Bertz CT molecular complexity index is 116. The molecular weight excluding hydrogens is 183 g/mol. The number of nitrogens with one attached hydrogen (secondary N) is 1. The van der Waals surface area contributed by atoms with Gasteiger partial charge >= 0.3 is 0 Å². The van der Waals surface area contributed by atoms with Crippen molar-refractivity contribution in [2.75, 3.05) is 0 Å². The number of hydrogen-bond donors (Lipinski definition) is 2. The molecule has 3 saturated carbocycles. The highest BCUT2D eigenvalue weighted by Gasteiger charge is 2.66. The third-order valence-electron chi connectivity index (χ3n) is 3.20. The third-order valence-corrected chi connectivity index (χ3v) is 3.20. The maximum Gasteiger partial charge on any atom is 0.0337 e. The molecule has 0 aromatic carbocycles. The average Bonchev–Trinajstić information content (AvgIpc) is 1.62. The van der Waals surface area contributed by atoms with Crippen LogP contribution in [0.15, 0.2) is 0 Å². The van der Waals surface area contributed by atoms with Crippen LogP contribution < -0.4 is 11.3 Å². The van der Waals surface area contributed by atoms with Gasteiger partial charge < -0.3 is 0 Å². The summed E-state index contributed by atoms with van der Waals surface area (Å²) in [7, 11) is 0. The van der Waals surface area contributed by atoms with E-state index in [1.807, 2.05) is 0 Å². The molecule has 0 saturated heterocycles. The molecule has 0 amide bonds. The first-order valence-corrected chi connectivity index (χ1v) is 3.72. The molecule has 0 unspecified atom stereocenters. The van der Waals surface area contributed by atoms with E-state index in [1.165, 1.54) is 25.7 Å². The topological polar surface area (TPSA) is 38.0 Å². The van der Waals surface area contributed by atoms with E-state index in [2.05, 4.69) is 12.3 Å². The third kappa shape index (κ3) is 1.26. The summed E-state index contributed by atoms with van der Waals surface area (Å²) in [6.07, 6.45) is 5.32. The van der Waals surface area contributed by atoms with E-state index in [1.54, 1.807) is 0 Å². The molecule has 0 aliphatic heterocycles. The van der Waals surface area contributed by atoms with Crippen LogP contribution in [0.25, 0.3) is 0 Å². The van der Waals surface area contributed by atoms with Crippen LogP contribution in [0.1, 0.15) is 32.6 Å². The SMILES string of the molecule is CCC12CC(NN)(C1)C2.Cl.Cl. The molecule has 0 spiro atoms. The molecule has 2 nitrogen and oxygen atoms in total. The lowest BCUT2D eigenvalue weighted by Crippen LogP contribution is -2.75. The Labute approximate surface area is 80.1 Å². The Balaban J connectivity index is 0.000000500. The van der Waals surface area contributed by atoms with Crippen LogP contribution in [-0.4, -0.2) is 5.54 Å². The zero-order chi connectivity index (χ0) is 6.54. The molecule has 3 aliphatic carbocycles. The van der Waals surface area contributed by atoms with Crippen LogP contribution in [0.2, 0.25) is 0 Å². The lowest BCUT2D eigenvalue weighted by atomic mass is 9.39. The van der Waals surface area contributed by atoms with Crippen molar-refractivity contribution in [3.8, 4) is 0 Å². The van der Waals surface area contributed by atoms with E-state index < -0.39 is 0 Å². The Hall–Kier alpha value is 0.500. The fraction of sp³-hybridized carbons (Fsp3) is 1.00. The number of rotatable bonds is 2. The van der Waals surface area contributed by atoms with Crippen molar-refractivity contribution in [2.24, 2.45) is 11.3 Å². The van der Waals surface area contributed by atoms with E-state index in [0.717, 1.165) is 5.41 Å². The quantitative estimate of drug-likeness (QED) is 0.524. The van der Waals surface area contributed by atoms with E-state index in [-0.39, 0.29) is 24.8 Å². The molecule has 0 heterocycles. The van der Waals surface area contributed by atoms with Crippen molar-refractivity contribution in [3.05, 3.63) is 0 Å². The summed E-state index contributed by atoms with van der Waals surface area (Å²) in [6.45, 7) is 2.28. The molecule has 3 N–H and O–H groups in total. The van der Waals surface area contributed by atoms with Gasteiger partial charge in [0.05, 0.1) is 0 Å². The number of hydrazine groups is 1. The molecule has 2 bridgehead atoms. The number of nitrogens with two attached hydrogens (primary N) is 1. The Morgan fingerprint density at radius 1 is 1.27 bits per heavy atom. The van der Waals surface area contributed by atoms with E-state index in [0.29, 0.717) is 5.54 Å². The van der Waals surface area contributed by atoms with Gasteiger partial charge in [0.1, 0.15) is 0 Å². The Morgan fingerprint density at radius 3 is 2.00 bits per heavy atom. The molecule has 68 valence electrons. The molecule has 0 aromatic rings. The van der Waals surface area contributed by atoms with Crippen LogP contribution in [0.4, 0.5) is 0 Å². The van der Waals surface area contributed by atoms with Crippen LogP contribution in [0, 0.1) is 5.41 Å². The van der Waals surface area contributed by atoms with Crippen LogP contribution in [-0.2, 0) is 0 Å². The predicted octanol–water partition coefficient (Wildman–Crippen LogP) is 1.63. The van der Waals surface area contributed by atoms with Crippen molar-refractivity contribution >= 4 is 24.8 Å². The highest BCUT2D eigenvalue weighted by atomic mass is 35.5. The fourth-order valence-corrected chi connectivity index (χ4v) is 2.53. The normalized spacial score (nSPS) is 44.2. The largest absolute Gasteiger partial charge is 0.271 e. The van der Waals surface area contributed by atoms with Crippen LogP contribution >= 0.6 is 24.8 Å². The van der Waals surface area contributed by atoms with Crippen molar-refractivity contribution in [2.45, 2.75) is 38.1 Å². The van der Waals surface area contributed by atoms with Gasteiger partial charge in [0.15, 0.2) is 0 Å². The monoisotopic (exact) mass is 198 g/mol. The summed E-state index contributed by atoms with van der Waals surface area (Å²) in [5.74, 6) is 5.37. The van der Waals surface area contributed by atoms with E-state index in [9.17, 15) is 0 Å². The molecular formula is C7H16Cl2N2. The Kier molecular flexibility index (Phi) is 3.23. The maximum absolute atomic E-state index is 5.37. The van der Waals surface area contributed by atoms with Gasteiger partial charge in [0, 0.05) is 5.54 Å². The summed E-state index contributed by atoms with van der Waals surface area (Å²) < 4.78 is 0. The van der Waals surface area contributed by atoms with Crippen molar-refractivity contribution in [1.29, 1.82) is 0 Å². The van der Waals surface area contributed by atoms with E-state index in [4.69, 9.17) is 5.84 Å². The summed E-state index contributed by atoms with van der Waals surface area (Å²) in [5, 5.41) is 0. The van der Waals surface area contributed by atoms with Crippen molar-refractivity contribution < 1.29 is 0 Å². The summed E-state index contributed by atoms with van der Waals surface area (Å²) in [6, 6.07) is 0. The second-order valence-corrected chi connectivity index (χ2v) is 3.81. The minimum atomic E-state index is 0. The molecule has 11 heavy (non-hydrogen) atoms. The molecule has 3 aliphatic rings. The summed E-state index contributed by atoms with van der Waals surface area (Å²) in [4.78, 5) is 0. The molecule has 0 aromatic heterocycles. The minimum Gasteiger partial charge on any atom is -0.271 e. The molecule has 3 rings (SSSR count). The molecule has 0 atom stereocenters. The maximum atomic E-state index is 5.37. The van der Waals surface area contributed by atoms with Crippen LogP contribution in [0.3, 0.4) is 0 Å². The first-order valence-electron chi connectivity index (χ1n) is 3.72. The van der Waals surface area contributed by atoms with Crippen molar-refractivity contribution in [3.63, 3.8) is 0 Å². The fourth-order valence-electron chi connectivity index (χ4n) is 2.53. The van der Waals surface area contributed by atoms with Gasteiger partial charge in [-0.05, 0) is 24.7 Å². The lowest BCUT2D eigenvalue weighted by molar-refractivity contribution is -0.156. The van der Waals surface area contributed by atoms with Gasteiger partial charge in [-0.25, -0.2) is 0 Å². The van der Waals surface area contributed by atoms with Gasteiger partial charge in [-0.3, -0.25) is 11.3 Å². The zero-order valence-electron chi connectivity index (χ0n) is 6.72. The molecule has 0 radical (unpaired) electrons. The second-order valence-electron chi connectivity index (χ2n) is 3.81. The Morgan fingerprint density at radius 2 is 1.73 bits per heavy atom. The molecule has 4 heteroatoms. The van der Waals surface area contributed by atoms with Gasteiger partial charge in [-0.1, -0.05) is 13.3 Å². The highest BCUT2D eigenvalue weighted by molar-refractivity contribution is 5.85. The average molecular weight is 199 g/mol. The standard InChI is InChI=1S/C7H14N2.2ClH/c1-2-6-3-7(4-6,5-6)9-8;;/h9H,2-5,8H2,1H3;2*1H. The van der Waals surface area contributed by atoms with Crippen molar-refractivity contribution in [1.82, 2.24) is 5.43 Å². The zero-order valence-corrected chi connectivity index (χ0v) is 8.36. The van der Waals surface area contributed by atoms with Gasteiger partial charge in [-0.15, -0.1) is 24.8 Å². The summed E-state index contributed by atoms with van der Waals surface area (Å²) in [5.41, 5.74) is 4.03. The minimum absolute atomic E-state index is 0. The smallest absolute Gasteiger partial charge is 0.0337 e. The second kappa shape index (κ2) is 3.09. The van der Waals surface area contributed by atoms with Crippen LogP contribution in [0.5, 0.6) is 0 Å². The lowest BCUT2D eigenvalue weighted by Gasteiger charge is -2.70. The van der Waals surface area contributed by atoms with Gasteiger partial charge in [0.25, 0.3) is 0 Å². The predicted molar refractivity (Wildman–Crippen MR) is 51.1 cm³/mol. The molecule has 3 fully saturated rings. The van der Waals surface area contributed by atoms with E-state index >= 15 is 0 Å². The summed E-state index contributed by atoms with van der Waals surface area (Å²) >= 11 is 0. The first-order chi connectivity index (χ1) is 4.24. The van der Waals surface area contributed by atoms with Gasteiger partial charge in [-0.2, -0.15) is 0 Å².